The first-order valence-corrected chi connectivity index (χ1v) is 7.01. The first-order chi connectivity index (χ1) is 9.63. The van der Waals surface area contributed by atoms with Crippen molar-refractivity contribution in [2.24, 2.45) is 4.99 Å². The van der Waals surface area contributed by atoms with E-state index in [0.717, 1.165) is 11.5 Å². The van der Waals surface area contributed by atoms with Crippen molar-refractivity contribution in [2.75, 3.05) is 0 Å². The van der Waals surface area contributed by atoms with Crippen LogP contribution in [0.25, 0.3) is 0 Å². The molecule has 20 heavy (non-hydrogen) atoms. The monoisotopic (exact) mass is 265 g/mol. The van der Waals surface area contributed by atoms with Crippen LogP contribution < -0.4 is 0 Å². The Morgan fingerprint density at radius 2 is 1.70 bits per heavy atom. The van der Waals surface area contributed by atoms with E-state index in [4.69, 9.17) is 9.73 Å². The quantitative estimate of drug-likeness (QED) is 0.797. The summed E-state index contributed by atoms with van der Waals surface area (Å²) in [5, 5.41) is 0. The highest BCUT2D eigenvalue weighted by Gasteiger charge is 2.29. The second-order valence-corrected chi connectivity index (χ2v) is 5.48. The highest BCUT2D eigenvalue weighted by atomic mass is 16.5. The molecule has 3 rings (SSSR count). The summed E-state index contributed by atoms with van der Waals surface area (Å²) in [6.07, 6.45) is 0.0771. The van der Waals surface area contributed by atoms with E-state index in [2.05, 4.69) is 63.2 Å². The fourth-order valence-corrected chi connectivity index (χ4v) is 2.53. The van der Waals surface area contributed by atoms with Gasteiger partial charge < -0.3 is 4.74 Å². The number of aliphatic imine (C=N–C) groups is 1. The molecule has 1 heterocycles. The first-order valence-electron chi connectivity index (χ1n) is 7.01. The van der Waals surface area contributed by atoms with Crippen LogP contribution in [-0.2, 0) is 4.74 Å². The van der Waals surface area contributed by atoms with E-state index in [0.29, 0.717) is 0 Å². The van der Waals surface area contributed by atoms with Gasteiger partial charge in [-0.05, 0) is 38.5 Å². The average molecular weight is 265 g/mol. The van der Waals surface area contributed by atoms with Crippen molar-refractivity contribution in [3.05, 3.63) is 70.8 Å². The average Bonchev–Trinajstić information content (AvgIpc) is 2.82. The normalized spacial score (nSPS) is 21.4. The highest BCUT2D eigenvalue weighted by molar-refractivity contribution is 5.95. The lowest BCUT2D eigenvalue weighted by Crippen LogP contribution is -2.12. The summed E-state index contributed by atoms with van der Waals surface area (Å²) in [4.78, 5) is 4.77. The maximum Gasteiger partial charge on any atom is 0.217 e. The van der Waals surface area contributed by atoms with Crippen LogP contribution in [0, 0.1) is 13.8 Å². The van der Waals surface area contributed by atoms with E-state index in [9.17, 15) is 0 Å². The lowest BCUT2D eigenvalue weighted by Gasteiger charge is -2.13. The summed E-state index contributed by atoms with van der Waals surface area (Å²) in [6, 6.07) is 16.9. The van der Waals surface area contributed by atoms with Crippen molar-refractivity contribution in [3.63, 3.8) is 0 Å². The fraction of sp³-hybridized carbons (Fsp3) is 0.278. The first kappa shape index (κ1) is 12.9. The van der Waals surface area contributed by atoms with Crippen molar-refractivity contribution >= 4 is 5.90 Å². The second kappa shape index (κ2) is 5.12. The van der Waals surface area contributed by atoms with Gasteiger partial charge in [0.1, 0.15) is 12.1 Å². The number of rotatable bonds is 2. The number of hydrogen-bond donors (Lipinski definition) is 0. The summed E-state index contributed by atoms with van der Waals surface area (Å²) < 4.78 is 5.95. The minimum absolute atomic E-state index is 0.0771. The van der Waals surface area contributed by atoms with Gasteiger partial charge in [-0.1, -0.05) is 47.5 Å². The van der Waals surface area contributed by atoms with E-state index in [1.807, 2.05) is 6.07 Å². The van der Waals surface area contributed by atoms with Crippen LogP contribution in [0.2, 0.25) is 0 Å². The molecule has 0 spiro atoms. The molecule has 2 heteroatoms. The van der Waals surface area contributed by atoms with Gasteiger partial charge in [0.2, 0.25) is 5.90 Å². The molecule has 0 aromatic heterocycles. The largest absolute Gasteiger partial charge is 0.472 e. The van der Waals surface area contributed by atoms with Gasteiger partial charge in [0.25, 0.3) is 0 Å². The summed E-state index contributed by atoms with van der Waals surface area (Å²) in [5.41, 5.74) is 4.76. The minimum Gasteiger partial charge on any atom is -0.472 e. The lowest BCUT2D eigenvalue weighted by molar-refractivity contribution is 0.214. The van der Waals surface area contributed by atoms with Gasteiger partial charge in [-0.2, -0.15) is 0 Å². The molecule has 2 aromatic carbocycles. The Hall–Kier alpha value is -2.09. The summed E-state index contributed by atoms with van der Waals surface area (Å²) in [5.74, 6) is 0.756. The molecule has 0 saturated carbocycles. The smallest absolute Gasteiger partial charge is 0.217 e. The van der Waals surface area contributed by atoms with E-state index in [1.165, 1.54) is 16.7 Å². The third-order valence-electron chi connectivity index (χ3n) is 3.68. The molecule has 0 N–H and O–H groups in total. The van der Waals surface area contributed by atoms with Crippen molar-refractivity contribution in [3.8, 4) is 0 Å². The van der Waals surface area contributed by atoms with Crippen molar-refractivity contribution in [2.45, 2.75) is 32.9 Å². The third-order valence-corrected chi connectivity index (χ3v) is 3.68. The fourth-order valence-electron chi connectivity index (χ4n) is 2.53. The molecule has 2 aromatic rings. The number of ether oxygens (including phenoxy) is 1. The SMILES string of the molecule is Cc1ccc(C2N=C(c3cccc(C)c3)OC2C)cc1. The predicted octanol–water partition coefficient (Wildman–Crippen LogP) is 4.21. The molecule has 2 unspecified atom stereocenters. The van der Waals surface area contributed by atoms with Gasteiger partial charge in [0.05, 0.1) is 0 Å². The Labute approximate surface area is 120 Å². The molecule has 1 aliphatic heterocycles. The number of hydrogen-bond acceptors (Lipinski definition) is 2. The van der Waals surface area contributed by atoms with Crippen molar-refractivity contribution in [1.29, 1.82) is 0 Å². The predicted molar refractivity (Wildman–Crippen MR) is 82.2 cm³/mol. The molecule has 0 fully saturated rings. The maximum absolute atomic E-state index is 5.95. The van der Waals surface area contributed by atoms with Crippen LogP contribution >= 0.6 is 0 Å². The molecule has 0 radical (unpaired) electrons. The van der Waals surface area contributed by atoms with Gasteiger partial charge in [-0.25, -0.2) is 4.99 Å². The third kappa shape index (κ3) is 2.46. The maximum atomic E-state index is 5.95. The topological polar surface area (TPSA) is 21.6 Å². The van der Waals surface area contributed by atoms with Gasteiger partial charge in [-0.3, -0.25) is 0 Å². The Morgan fingerprint density at radius 1 is 0.950 bits per heavy atom. The summed E-state index contributed by atoms with van der Waals surface area (Å²) >= 11 is 0. The van der Waals surface area contributed by atoms with Crippen LogP contribution in [0.15, 0.2) is 53.5 Å². The Morgan fingerprint density at radius 3 is 2.40 bits per heavy atom. The Kier molecular flexibility index (Phi) is 3.31. The molecular formula is C18H19NO. The second-order valence-electron chi connectivity index (χ2n) is 5.48. The number of nitrogens with zero attached hydrogens (tertiary/aromatic N) is 1. The Bertz CT molecular complexity index is 643. The molecule has 0 amide bonds. The van der Waals surface area contributed by atoms with E-state index in [-0.39, 0.29) is 12.1 Å². The molecule has 2 atom stereocenters. The van der Waals surface area contributed by atoms with E-state index < -0.39 is 0 Å². The lowest BCUT2D eigenvalue weighted by atomic mass is 10.0. The van der Waals surface area contributed by atoms with Crippen LogP contribution in [0.1, 0.15) is 35.2 Å². The Balaban J connectivity index is 1.92. The molecular weight excluding hydrogens is 246 g/mol. The zero-order valence-corrected chi connectivity index (χ0v) is 12.1. The van der Waals surface area contributed by atoms with Crippen LogP contribution in [0.5, 0.6) is 0 Å². The van der Waals surface area contributed by atoms with E-state index >= 15 is 0 Å². The summed E-state index contributed by atoms with van der Waals surface area (Å²) in [7, 11) is 0. The van der Waals surface area contributed by atoms with E-state index in [1.54, 1.807) is 0 Å². The molecule has 0 saturated heterocycles. The number of benzene rings is 2. The molecule has 0 aliphatic carbocycles. The van der Waals surface area contributed by atoms with Gasteiger partial charge in [0.15, 0.2) is 0 Å². The van der Waals surface area contributed by atoms with Gasteiger partial charge >= 0.3 is 0 Å². The van der Waals surface area contributed by atoms with Crippen LogP contribution in [0.3, 0.4) is 0 Å². The zero-order chi connectivity index (χ0) is 14.1. The van der Waals surface area contributed by atoms with Gasteiger partial charge in [0, 0.05) is 5.56 Å². The molecule has 2 nitrogen and oxygen atoms in total. The highest BCUT2D eigenvalue weighted by Crippen LogP contribution is 2.31. The molecule has 0 bridgehead atoms. The number of aryl methyl sites for hydroxylation is 2. The van der Waals surface area contributed by atoms with Crippen molar-refractivity contribution in [1.82, 2.24) is 0 Å². The van der Waals surface area contributed by atoms with Crippen LogP contribution in [0.4, 0.5) is 0 Å². The zero-order valence-electron chi connectivity index (χ0n) is 12.1. The van der Waals surface area contributed by atoms with Crippen molar-refractivity contribution < 1.29 is 4.74 Å². The summed E-state index contributed by atoms with van der Waals surface area (Å²) in [6.45, 7) is 6.26. The van der Waals surface area contributed by atoms with Gasteiger partial charge in [-0.15, -0.1) is 0 Å². The standard InChI is InChI=1S/C18H19NO/c1-12-7-9-15(10-8-12)17-14(3)20-18(19-17)16-6-4-5-13(2)11-16/h4-11,14,17H,1-3H3. The molecule has 102 valence electrons. The van der Waals surface area contributed by atoms with Crippen LogP contribution in [-0.4, -0.2) is 12.0 Å². The molecule has 1 aliphatic rings. The minimum atomic E-state index is 0.0771.